The molecule has 8 heavy (non-hydrogen) atoms. The van der Waals surface area contributed by atoms with Gasteiger partial charge in [-0.2, -0.15) is 5.26 Å². The largest absolute Gasteiger partial charge is 0.229 e. The van der Waals surface area contributed by atoms with Crippen molar-refractivity contribution in [2.24, 2.45) is 0 Å². The van der Waals surface area contributed by atoms with Crippen LogP contribution in [0.5, 0.6) is 0 Å². The number of nitriles is 1. The van der Waals surface area contributed by atoms with Gasteiger partial charge in [-0.25, -0.2) is 8.42 Å². The summed E-state index contributed by atoms with van der Waals surface area (Å²) < 4.78 is 41.5. The molecule has 0 radical (unpaired) electrons. The fourth-order valence-electron chi connectivity index (χ4n) is 0.133. The molecule has 0 heterocycles. The van der Waals surface area contributed by atoms with Gasteiger partial charge < -0.3 is 0 Å². The van der Waals surface area contributed by atoms with E-state index in [1.165, 1.54) is 0 Å². The number of hydrogen-bond donors (Lipinski definition) is 0. The van der Waals surface area contributed by atoms with Crippen molar-refractivity contribution in [1.82, 2.24) is 0 Å². The summed E-state index contributed by atoms with van der Waals surface area (Å²) in [6.45, 7) is 0. The second-order valence-electron chi connectivity index (χ2n) is 1.20. The van der Waals surface area contributed by atoms with Gasteiger partial charge in [-0.1, -0.05) is 0 Å². The summed E-state index contributed by atoms with van der Waals surface area (Å²) in [7, 11) is -3.80. The van der Waals surface area contributed by atoms with E-state index in [1.807, 2.05) is 0 Å². The second kappa shape index (κ2) is 2.68. The molecule has 0 saturated heterocycles. The molecule has 0 spiro atoms. The molecule has 0 aromatic heterocycles. The summed E-state index contributed by atoms with van der Waals surface area (Å²) in [4.78, 5) is 0. The van der Waals surface area contributed by atoms with E-state index < -0.39 is 21.9 Å². The molecule has 0 saturated carbocycles. The number of hydrogen-bond acceptors (Lipinski definition) is 3. The average molecular weight is 136 g/mol. The third-order valence-corrected chi connectivity index (χ3v) is 0.884. The summed E-state index contributed by atoms with van der Waals surface area (Å²) in [5, 5.41) is 8.12. The second-order valence-corrected chi connectivity index (χ2v) is 3.10. The van der Waals surface area contributed by atoms with E-state index in [1.54, 1.807) is 0 Å². The Morgan fingerprint density at radius 2 is 2.38 bits per heavy atom. The van der Waals surface area contributed by atoms with Gasteiger partial charge in [0.1, 0.15) is 9.84 Å². The van der Waals surface area contributed by atoms with Crippen molar-refractivity contribution < 1.29 is 12.5 Å². The molecule has 46 valence electrons. The van der Waals surface area contributed by atoms with E-state index in [2.05, 4.69) is 0 Å². The first-order valence-corrected chi connectivity index (χ1v) is 3.69. The van der Waals surface area contributed by atoms with Gasteiger partial charge in [0.25, 0.3) is 0 Å². The van der Waals surface area contributed by atoms with Crippen LogP contribution in [0, 0.1) is 11.3 Å². The predicted molar refractivity (Wildman–Crippen MR) is 29.9 cm³/mol. The van der Waals surface area contributed by atoms with E-state index in [0.29, 0.717) is 0 Å². The molecular formula is C4H7NO2S. The van der Waals surface area contributed by atoms with Crippen LogP contribution in [0.3, 0.4) is 0 Å². The Bertz CT molecular complexity index is 278. The smallest absolute Gasteiger partial charge is 0.148 e. The molecule has 0 N–H and O–H groups in total. The number of rotatable bonds is 2. The fourth-order valence-corrected chi connectivity index (χ4v) is 0.400. The summed E-state index contributed by atoms with van der Waals surface area (Å²) in [6.07, 6.45) is -1.91. The normalized spacial score (nSPS) is 21.8. The zero-order valence-electron chi connectivity index (χ0n) is 7.25. The van der Waals surface area contributed by atoms with E-state index >= 15 is 0 Å². The quantitative estimate of drug-likeness (QED) is 0.534. The number of nitrogens with zero attached hydrogens (tertiary/aromatic N) is 1. The van der Waals surface area contributed by atoms with Crippen molar-refractivity contribution in [3.63, 3.8) is 0 Å². The van der Waals surface area contributed by atoms with E-state index in [4.69, 9.17) is 9.37 Å². The van der Waals surface area contributed by atoms with Crippen molar-refractivity contribution in [3.8, 4) is 6.07 Å². The zero-order valence-corrected chi connectivity index (χ0v) is 5.07. The van der Waals surface area contributed by atoms with Gasteiger partial charge >= 0.3 is 0 Å². The minimum Gasteiger partial charge on any atom is -0.229 e. The standard InChI is InChI=1S/C4H7NO2S/c1-8(6,7)4-2-3-5/h2,4H2,1H3/i2D2,4D. The van der Waals surface area contributed by atoms with Crippen LogP contribution in [0.1, 0.15) is 10.5 Å². The van der Waals surface area contributed by atoms with Crippen LogP contribution in [-0.4, -0.2) is 20.4 Å². The Labute approximate surface area is 53.1 Å². The molecular weight excluding hydrogens is 126 g/mol. The van der Waals surface area contributed by atoms with Crippen molar-refractivity contribution in [2.75, 3.05) is 12.0 Å². The molecule has 0 aromatic carbocycles. The van der Waals surface area contributed by atoms with Gasteiger partial charge in [-0.3, -0.25) is 0 Å². The molecule has 0 amide bonds. The maximum atomic E-state index is 10.6. The Kier molecular flexibility index (Phi) is 1.16. The topological polar surface area (TPSA) is 57.9 Å². The van der Waals surface area contributed by atoms with Crippen LogP contribution in [0.25, 0.3) is 0 Å². The number of sulfone groups is 1. The van der Waals surface area contributed by atoms with Gasteiger partial charge in [0, 0.05) is 16.7 Å². The SMILES string of the molecule is [2H]C(C([2H])([2H])C#N)S(C)(=O)=O. The Morgan fingerprint density at radius 3 is 2.50 bits per heavy atom. The molecule has 3 nitrogen and oxygen atoms in total. The molecule has 1 unspecified atom stereocenters. The first kappa shape index (κ1) is 3.46. The highest BCUT2D eigenvalue weighted by Gasteiger charge is 1.98. The van der Waals surface area contributed by atoms with Crippen LogP contribution in [0.4, 0.5) is 0 Å². The first-order chi connectivity index (χ1) is 4.72. The third kappa shape index (κ3) is 5.44. The minimum absolute atomic E-state index is 0.722. The fraction of sp³-hybridized carbons (Fsp3) is 0.750. The molecule has 1 atom stereocenters. The van der Waals surface area contributed by atoms with Gasteiger partial charge in [0.2, 0.25) is 0 Å². The monoisotopic (exact) mass is 136 g/mol. The maximum Gasteiger partial charge on any atom is 0.148 e. The van der Waals surface area contributed by atoms with Crippen molar-refractivity contribution in [1.29, 1.82) is 5.26 Å². The highest BCUT2D eigenvalue weighted by molar-refractivity contribution is 7.90. The molecule has 0 bridgehead atoms. The Balaban J connectivity index is 4.82. The van der Waals surface area contributed by atoms with Gasteiger partial charge in [-0.15, -0.1) is 0 Å². The molecule has 0 aromatic rings. The summed E-state index contributed by atoms with van der Waals surface area (Å²) in [5.74, 6) is 0. The highest BCUT2D eigenvalue weighted by atomic mass is 32.2. The molecule has 0 fully saturated rings. The lowest BCUT2D eigenvalue weighted by atomic mass is 10.6. The van der Waals surface area contributed by atoms with Crippen molar-refractivity contribution in [2.45, 2.75) is 6.37 Å². The van der Waals surface area contributed by atoms with Crippen LogP contribution in [0.15, 0.2) is 0 Å². The Morgan fingerprint density at radius 1 is 1.88 bits per heavy atom. The van der Waals surface area contributed by atoms with Crippen LogP contribution < -0.4 is 0 Å². The lowest BCUT2D eigenvalue weighted by molar-refractivity contribution is 0.601. The molecule has 0 rings (SSSR count). The highest BCUT2D eigenvalue weighted by Crippen LogP contribution is 1.84. The maximum absolute atomic E-state index is 10.6. The van der Waals surface area contributed by atoms with Crippen LogP contribution in [-0.2, 0) is 9.84 Å². The molecule has 0 aliphatic carbocycles. The molecule has 4 heteroatoms. The predicted octanol–water partition coefficient (Wildman–Crippen LogP) is -0.0553. The van der Waals surface area contributed by atoms with Crippen molar-refractivity contribution in [3.05, 3.63) is 0 Å². The van der Waals surface area contributed by atoms with Gasteiger partial charge in [-0.05, 0) is 0 Å². The van der Waals surface area contributed by atoms with Crippen LogP contribution >= 0.6 is 0 Å². The lowest BCUT2D eigenvalue weighted by Crippen LogP contribution is -2.00. The minimum atomic E-state index is -3.80. The zero-order chi connectivity index (χ0) is 9.28. The summed E-state index contributed by atoms with van der Waals surface area (Å²) >= 11 is 0. The molecule has 0 aliphatic rings. The third-order valence-electron chi connectivity index (χ3n) is 0.338. The van der Waals surface area contributed by atoms with Crippen LogP contribution in [0.2, 0.25) is 0 Å². The van der Waals surface area contributed by atoms with E-state index in [0.717, 1.165) is 12.3 Å². The average Bonchev–Trinajstić information content (AvgIpc) is 1.84. The van der Waals surface area contributed by atoms with E-state index in [-0.39, 0.29) is 0 Å². The summed E-state index contributed by atoms with van der Waals surface area (Å²) in [6, 6.07) is 1.11. The molecule has 0 aliphatic heterocycles. The van der Waals surface area contributed by atoms with Gasteiger partial charge in [0.15, 0.2) is 0 Å². The van der Waals surface area contributed by atoms with Crippen molar-refractivity contribution >= 4 is 9.84 Å². The Hall–Kier alpha value is -0.560. The summed E-state index contributed by atoms with van der Waals surface area (Å²) in [5.41, 5.74) is -2.03. The van der Waals surface area contributed by atoms with Gasteiger partial charge in [0.05, 0.1) is 11.8 Å². The first-order valence-electron chi connectivity index (χ1n) is 3.32. The van der Waals surface area contributed by atoms with E-state index in [9.17, 15) is 8.42 Å². The lowest BCUT2D eigenvalue weighted by Gasteiger charge is -1.85.